The van der Waals surface area contributed by atoms with Crippen LogP contribution in [0, 0.1) is 26.7 Å². The van der Waals surface area contributed by atoms with E-state index in [-0.39, 0.29) is 0 Å². The molecule has 122 valence electrons. The number of rotatable bonds is 7. The molecule has 1 heteroatoms. The molecule has 0 aliphatic rings. The molecule has 0 amide bonds. The third kappa shape index (κ3) is 5.00. The van der Waals surface area contributed by atoms with Crippen LogP contribution in [0.15, 0.2) is 60.0 Å². The number of aryl methyl sites for hydroxylation is 3. The van der Waals surface area contributed by atoms with Crippen molar-refractivity contribution in [3.05, 3.63) is 77.4 Å². The molecule has 2 rings (SSSR count). The van der Waals surface area contributed by atoms with E-state index in [4.69, 9.17) is 0 Å². The van der Waals surface area contributed by atoms with Crippen LogP contribution < -0.4 is 0 Å². The first-order valence-corrected chi connectivity index (χ1v) is 9.28. The molecule has 0 heterocycles. The Hall–Kier alpha value is -1.47. The van der Waals surface area contributed by atoms with Crippen LogP contribution in [0.4, 0.5) is 0 Å². The van der Waals surface area contributed by atoms with Crippen molar-refractivity contribution in [3.63, 3.8) is 0 Å². The minimum absolute atomic E-state index is 0.563. The minimum Gasteiger partial charge on any atom is -0.122 e. The Labute approximate surface area is 146 Å². The van der Waals surface area contributed by atoms with E-state index in [0.717, 1.165) is 12.8 Å². The Morgan fingerprint density at radius 1 is 1.04 bits per heavy atom. The average Bonchev–Trinajstić information content (AvgIpc) is 2.50. The molecule has 0 radical (unpaired) electrons. The van der Waals surface area contributed by atoms with Crippen LogP contribution in [0.25, 0.3) is 0 Å². The van der Waals surface area contributed by atoms with Crippen molar-refractivity contribution in [2.45, 2.75) is 50.7 Å². The Bertz CT molecular complexity index is 619. The van der Waals surface area contributed by atoms with Gasteiger partial charge in [0.2, 0.25) is 0 Å². The highest BCUT2D eigenvalue weighted by molar-refractivity contribution is 8.00. The van der Waals surface area contributed by atoms with E-state index >= 15 is 0 Å². The van der Waals surface area contributed by atoms with Crippen molar-refractivity contribution in [3.8, 4) is 0 Å². The lowest BCUT2D eigenvalue weighted by atomic mass is 9.96. The summed E-state index contributed by atoms with van der Waals surface area (Å²) in [4.78, 5) is 1.45. The molecule has 0 aliphatic heterocycles. The van der Waals surface area contributed by atoms with Gasteiger partial charge in [-0.05, 0) is 56.2 Å². The first-order chi connectivity index (χ1) is 11.0. The molecule has 0 unspecified atom stereocenters. The summed E-state index contributed by atoms with van der Waals surface area (Å²) in [7, 11) is 0. The van der Waals surface area contributed by atoms with Crippen LogP contribution in [-0.2, 0) is 6.42 Å². The van der Waals surface area contributed by atoms with E-state index in [1.165, 1.54) is 27.1 Å². The zero-order valence-electron chi connectivity index (χ0n) is 14.8. The summed E-state index contributed by atoms with van der Waals surface area (Å²) >= 11 is 2.03. The number of benzene rings is 2. The Morgan fingerprint density at radius 2 is 1.65 bits per heavy atom. The summed E-state index contributed by atoms with van der Waals surface area (Å²) in [6.07, 6.45) is 4.24. The highest BCUT2D eigenvalue weighted by atomic mass is 32.2. The highest BCUT2D eigenvalue weighted by Crippen LogP contribution is 2.36. The normalized spacial score (nSPS) is 13.6. The van der Waals surface area contributed by atoms with E-state index in [2.05, 4.69) is 82.8 Å². The summed E-state index contributed by atoms with van der Waals surface area (Å²) in [6.45, 7) is 13.0. The van der Waals surface area contributed by atoms with Gasteiger partial charge >= 0.3 is 0 Å². The van der Waals surface area contributed by atoms with E-state index in [1.807, 2.05) is 11.8 Å². The van der Waals surface area contributed by atoms with E-state index in [0.29, 0.717) is 11.2 Å². The molecule has 0 aromatic heterocycles. The smallest absolute Gasteiger partial charge is 0.0158 e. The molecule has 2 aromatic carbocycles. The number of hydrogen-bond acceptors (Lipinski definition) is 1. The standard InChI is InChI=1S/C22H28S/c1-6-10-21(17(3)15-20-11-8-7-9-12-20)23-22-18(4)13-16(2)14-19(22)5/h6-9,11-14,17,21H,1,10,15H2,2-5H3/t17-,21-/m1/s1. The molecule has 0 bridgehead atoms. The molecule has 0 saturated carbocycles. The van der Waals surface area contributed by atoms with E-state index in [1.54, 1.807) is 0 Å². The van der Waals surface area contributed by atoms with Crippen LogP contribution in [-0.4, -0.2) is 5.25 Å². The lowest BCUT2D eigenvalue weighted by Crippen LogP contribution is -2.16. The van der Waals surface area contributed by atoms with Crippen molar-refractivity contribution >= 4 is 11.8 Å². The third-order valence-corrected chi connectivity index (χ3v) is 6.15. The molecule has 0 aliphatic carbocycles. The maximum atomic E-state index is 3.98. The summed E-state index contributed by atoms with van der Waals surface area (Å²) < 4.78 is 0. The summed E-state index contributed by atoms with van der Waals surface area (Å²) in [6, 6.07) is 15.4. The number of hydrogen-bond donors (Lipinski definition) is 0. The zero-order valence-corrected chi connectivity index (χ0v) is 15.6. The lowest BCUT2D eigenvalue weighted by molar-refractivity contribution is 0.551. The van der Waals surface area contributed by atoms with Gasteiger partial charge in [-0.15, -0.1) is 18.3 Å². The van der Waals surface area contributed by atoms with Gasteiger partial charge in [0.25, 0.3) is 0 Å². The Kier molecular flexibility index (Phi) is 6.53. The molecule has 0 spiro atoms. The van der Waals surface area contributed by atoms with Gasteiger partial charge < -0.3 is 0 Å². The fourth-order valence-corrected chi connectivity index (χ4v) is 4.54. The summed E-state index contributed by atoms with van der Waals surface area (Å²) in [5.41, 5.74) is 5.57. The van der Waals surface area contributed by atoms with Crippen LogP contribution in [0.5, 0.6) is 0 Å². The minimum atomic E-state index is 0.563. The molecule has 2 aromatic rings. The van der Waals surface area contributed by atoms with Gasteiger partial charge in [-0.3, -0.25) is 0 Å². The number of thioether (sulfide) groups is 1. The largest absolute Gasteiger partial charge is 0.122 e. The van der Waals surface area contributed by atoms with Gasteiger partial charge in [0.1, 0.15) is 0 Å². The second-order valence-corrected chi connectivity index (χ2v) is 7.82. The van der Waals surface area contributed by atoms with Gasteiger partial charge in [-0.25, -0.2) is 0 Å². The van der Waals surface area contributed by atoms with Gasteiger partial charge in [0.15, 0.2) is 0 Å². The molecule has 23 heavy (non-hydrogen) atoms. The molecule has 0 nitrogen and oxygen atoms in total. The van der Waals surface area contributed by atoms with Crippen LogP contribution >= 0.6 is 11.8 Å². The second-order valence-electron chi connectivity index (χ2n) is 6.58. The lowest BCUT2D eigenvalue weighted by Gasteiger charge is -2.24. The van der Waals surface area contributed by atoms with Crippen molar-refractivity contribution in [1.82, 2.24) is 0 Å². The van der Waals surface area contributed by atoms with Crippen molar-refractivity contribution in [1.29, 1.82) is 0 Å². The third-order valence-electron chi connectivity index (χ3n) is 4.31. The van der Waals surface area contributed by atoms with Crippen LogP contribution in [0.3, 0.4) is 0 Å². The molecule has 0 N–H and O–H groups in total. The highest BCUT2D eigenvalue weighted by Gasteiger charge is 2.19. The average molecular weight is 325 g/mol. The fourth-order valence-electron chi connectivity index (χ4n) is 3.18. The first-order valence-electron chi connectivity index (χ1n) is 8.40. The second kappa shape index (κ2) is 8.40. The molecule has 0 fully saturated rings. The topological polar surface area (TPSA) is 0 Å². The van der Waals surface area contributed by atoms with E-state index in [9.17, 15) is 0 Å². The maximum absolute atomic E-state index is 3.98. The molecule has 2 atom stereocenters. The SMILES string of the molecule is C=CC[C@@H](Sc1c(C)cc(C)cc1C)[C@H](C)Cc1ccccc1. The Morgan fingerprint density at radius 3 is 2.22 bits per heavy atom. The van der Waals surface area contributed by atoms with Gasteiger partial charge in [-0.2, -0.15) is 0 Å². The van der Waals surface area contributed by atoms with Crippen molar-refractivity contribution in [2.24, 2.45) is 5.92 Å². The van der Waals surface area contributed by atoms with Crippen molar-refractivity contribution < 1.29 is 0 Å². The quantitative estimate of drug-likeness (QED) is 0.412. The summed E-state index contributed by atoms with van der Waals surface area (Å²) in [5, 5.41) is 0.563. The van der Waals surface area contributed by atoms with Crippen molar-refractivity contribution in [2.75, 3.05) is 0 Å². The molecular formula is C22H28S. The monoisotopic (exact) mass is 324 g/mol. The fraction of sp³-hybridized carbons (Fsp3) is 0.364. The maximum Gasteiger partial charge on any atom is 0.0158 e. The van der Waals surface area contributed by atoms with Gasteiger partial charge in [-0.1, -0.05) is 61.0 Å². The predicted molar refractivity (Wildman–Crippen MR) is 104 cm³/mol. The van der Waals surface area contributed by atoms with Crippen LogP contribution in [0.2, 0.25) is 0 Å². The van der Waals surface area contributed by atoms with Gasteiger partial charge in [0.05, 0.1) is 0 Å². The van der Waals surface area contributed by atoms with Gasteiger partial charge in [0, 0.05) is 10.1 Å². The van der Waals surface area contributed by atoms with Crippen LogP contribution in [0.1, 0.15) is 35.6 Å². The zero-order chi connectivity index (χ0) is 16.8. The number of allylic oxidation sites excluding steroid dienone is 1. The summed E-state index contributed by atoms with van der Waals surface area (Å²) in [5.74, 6) is 0.612. The first kappa shape index (κ1) is 17.9. The molecular weight excluding hydrogens is 296 g/mol. The molecule has 0 saturated heterocycles. The Balaban J connectivity index is 2.17. The van der Waals surface area contributed by atoms with E-state index < -0.39 is 0 Å². The predicted octanol–water partition coefficient (Wildman–Crippen LogP) is 6.53.